The van der Waals surface area contributed by atoms with Crippen molar-refractivity contribution in [2.75, 3.05) is 39.6 Å². The second-order valence-electron chi connectivity index (χ2n) is 23.6. The third-order valence-corrected chi connectivity index (χ3v) is 16.7. The van der Waals surface area contributed by atoms with Gasteiger partial charge in [-0.2, -0.15) is 0 Å². The number of phosphoric acid groups is 2. The first-order valence-corrected chi connectivity index (χ1v) is 36.6. The number of hydrogen-bond donors (Lipinski definition) is 3. The summed E-state index contributed by atoms with van der Waals surface area (Å²) >= 11 is 0. The van der Waals surface area contributed by atoms with Gasteiger partial charge in [-0.1, -0.05) is 272 Å². The van der Waals surface area contributed by atoms with Crippen LogP contribution in [0.15, 0.2) is 0 Å². The van der Waals surface area contributed by atoms with Crippen LogP contribution in [-0.4, -0.2) is 96.7 Å². The molecule has 0 radical (unpaired) electrons. The molecule has 0 aromatic rings. The number of aliphatic hydroxyl groups is 1. The first-order chi connectivity index (χ1) is 40.0. The van der Waals surface area contributed by atoms with Crippen LogP contribution in [0.2, 0.25) is 0 Å². The predicted octanol–water partition coefficient (Wildman–Crippen LogP) is 17.8. The Balaban J connectivity index is 5.19. The van der Waals surface area contributed by atoms with Crippen molar-refractivity contribution in [3.63, 3.8) is 0 Å². The van der Waals surface area contributed by atoms with E-state index >= 15 is 0 Å². The number of esters is 4. The van der Waals surface area contributed by atoms with Crippen LogP contribution in [0.1, 0.15) is 324 Å². The third kappa shape index (κ3) is 58.8. The number of unbranched alkanes of at least 4 members (excludes halogenated alkanes) is 36. The Hall–Kier alpha value is -1.94. The first kappa shape index (κ1) is 81.1. The summed E-state index contributed by atoms with van der Waals surface area (Å²) in [4.78, 5) is 72.1. The molecule has 0 rings (SSSR count). The Kier molecular flexibility index (Phi) is 56.4. The van der Waals surface area contributed by atoms with Crippen LogP contribution >= 0.6 is 15.6 Å². The molecule has 0 spiro atoms. The summed E-state index contributed by atoms with van der Waals surface area (Å²) in [5.74, 6) is -1.41. The standard InChI is InChI=1S/C64H124O17P2/c1-6-9-12-15-18-20-21-22-23-24-25-26-28-35-40-45-50-64(69)81-60(54-75-62(67)48-43-38-33-30-29-32-36-41-46-57(4)5)56-79-83(72,73)77-52-58(65)51-76-82(70,71)78-55-59(53-74-61(66)47-42-37-31-17-14-11-8-3)80-63(68)49-44-39-34-27-19-16-13-10-7-2/h57-60,65H,6-56H2,1-5H3,(H,70,71)(H,72,73)/t58-,59+,60+/m0/s1. The van der Waals surface area contributed by atoms with Crippen molar-refractivity contribution in [2.24, 2.45) is 5.92 Å². The van der Waals surface area contributed by atoms with E-state index in [0.29, 0.717) is 25.7 Å². The average Bonchev–Trinajstić information content (AvgIpc) is 3.45. The highest BCUT2D eigenvalue weighted by Gasteiger charge is 2.30. The van der Waals surface area contributed by atoms with Crippen molar-refractivity contribution in [3.8, 4) is 0 Å². The molecule has 5 atom stereocenters. The van der Waals surface area contributed by atoms with Gasteiger partial charge in [-0.15, -0.1) is 0 Å². The fourth-order valence-electron chi connectivity index (χ4n) is 9.58. The van der Waals surface area contributed by atoms with Gasteiger partial charge in [0.15, 0.2) is 12.2 Å². The van der Waals surface area contributed by atoms with Gasteiger partial charge >= 0.3 is 39.5 Å². The molecule has 0 saturated carbocycles. The molecule has 3 N–H and O–H groups in total. The number of aliphatic hydroxyl groups excluding tert-OH is 1. The molecule has 0 saturated heterocycles. The van der Waals surface area contributed by atoms with Gasteiger partial charge in [0.25, 0.3) is 0 Å². The summed E-state index contributed by atoms with van der Waals surface area (Å²) in [7, 11) is -9.88. The lowest BCUT2D eigenvalue weighted by Crippen LogP contribution is -2.30. The molecule has 0 fully saturated rings. The highest BCUT2D eigenvalue weighted by molar-refractivity contribution is 7.47. The summed E-state index contributed by atoms with van der Waals surface area (Å²) in [5, 5.41) is 10.5. The minimum absolute atomic E-state index is 0.105. The topological polar surface area (TPSA) is 237 Å². The zero-order valence-corrected chi connectivity index (χ0v) is 55.1. The van der Waals surface area contributed by atoms with Crippen molar-refractivity contribution in [1.82, 2.24) is 0 Å². The third-order valence-electron chi connectivity index (χ3n) is 14.8. The fraction of sp³-hybridized carbons (Fsp3) is 0.938. The van der Waals surface area contributed by atoms with Gasteiger partial charge in [-0.25, -0.2) is 9.13 Å². The van der Waals surface area contributed by atoms with Crippen LogP contribution in [0.4, 0.5) is 0 Å². The highest BCUT2D eigenvalue weighted by Crippen LogP contribution is 2.45. The maximum atomic E-state index is 13.0. The van der Waals surface area contributed by atoms with E-state index < -0.39 is 97.5 Å². The number of phosphoric ester groups is 2. The lowest BCUT2D eigenvalue weighted by Gasteiger charge is -2.21. The molecule has 0 bridgehead atoms. The normalized spacial score (nSPS) is 14.2. The fourth-order valence-corrected chi connectivity index (χ4v) is 11.2. The van der Waals surface area contributed by atoms with E-state index in [4.69, 9.17) is 37.0 Å². The van der Waals surface area contributed by atoms with Crippen LogP contribution in [0.5, 0.6) is 0 Å². The first-order valence-electron chi connectivity index (χ1n) is 33.6. The maximum Gasteiger partial charge on any atom is 0.472 e. The lowest BCUT2D eigenvalue weighted by molar-refractivity contribution is -0.161. The molecule has 0 aliphatic heterocycles. The minimum Gasteiger partial charge on any atom is -0.462 e. The van der Waals surface area contributed by atoms with Crippen LogP contribution in [0, 0.1) is 5.92 Å². The van der Waals surface area contributed by atoms with Gasteiger partial charge in [-0.3, -0.25) is 37.3 Å². The Bertz CT molecular complexity index is 1620. The highest BCUT2D eigenvalue weighted by atomic mass is 31.2. The number of rotatable bonds is 64. The van der Waals surface area contributed by atoms with E-state index in [1.807, 2.05) is 0 Å². The van der Waals surface area contributed by atoms with E-state index in [1.165, 1.54) is 135 Å². The lowest BCUT2D eigenvalue weighted by atomic mass is 10.0. The van der Waals surface area contributed by atoms with Crippen LogP contribution in [0.3, 0.4) is 0 Å². The molecule has 19 heteroatoms. The molecule has 0 aliphatic rings. The Labute approximate surface area is 505 Å². The van der Waals surface area contributed by atoms with E-state index in [2.05, 4.69) is 34.6 Å². The molecular formula is C64H124O17P2. The maximum absolute atomic E-state index is 13.0. The average molecular weight is 1230 g/mol. The summed E-state index contributed by atoms with van der Waals surface area (Å²) in [6.45, 7) is 7.11. The molecular weight excluding hydrogens is 1100 g/mol. The van der Waals surface area contributed by atoms with E-state index in [-0.39, 0.29) is 25.7 Å². The molecule has 0 heterocycles. The number of hydrogen-bond acceptors (Lipinski definition) is 15. The van der Waals surface area contributed by atoms with Crippen LogP contribution in [-0.2, 0) is 65.4 Å². The van der Waals surface area contributed by atoms with E-state index in [1.54, 1.807) is 0 Å². The van der Waals surface area contributed by atoms with Gasteiger partial charge < -0.3 is 33.8 Å². The van der Waals surface area contributed by atoms with Crippen molar-refractivity contribution < 1.29 is 80.2 Å². The van der Waals surface area contributed by atoms with Crippen molar-refractivity contribution in [2.45, 2.75) is 342 Å². The summed E-state index contributed by atoms with van der Waals surface area (Å²) < 4.78 is 67.9. The molecule has 0 amide bonds. The van der Waals surface area contributed by atoms with Crippen LogP contribution in [0.25, 0.3) is 0 Å². The summed E-state index contributed by atoms with van der Waals surface area (Å²) in [5.41, 5.74) is 0. The molecule has 0 aromatic carbocycles. The van der Waals surface area contributed by atoms with Gasteiger partial charge in [0.1, 0.15) is 19.3 Å². The largest absolute Gasteiger partial charge is 0.472 e. The number of carbonyl (C=O) groups is 4. The van der Waals surface area contributed by atoms with Crippen molar-refractivity contribution in [1.29, 1.82) is 0 Å². The second kappa shape index (κ2) is 57.8. The van der Waals surface area contributed by atoms with E-state index in [0.717, 1.165) is 109 Å². The minimum atomic E-state index is -4.94. The van der Waals surface area contributed by atoms with Gasteiger partial charge in [0, 0.05) is 25.7 Å². The Morgan fingerprint density at radius 2 is 0.554 bits per heavy atom. The van der Waals surface area contributed by atoms with Crippen LogP contribution < -0.4 is 0 Å². The molecule has 83 heavy (non-hydrogen) atoms. The Morgan fingerprint density at radius 1 is 0.325 bits per heavy atom. The zero-order chi connectivity index (χ0) is 61.3. The molecule has 0 aliphatic carbocycles. The molecule has 0 aromatic heterocycles. The van der Waals surface area contributed by atoms with Gasteiger partial charge in [0.05, 0.1) is 26.4 Å². The van der Waals surface area contributed by atoms with Crippen molar-refractivity contribution >= 4 is 39.5 Å². The SMILES string of the molecule is CCCCCCCCCCCCCCCCCCC(=O)O[C@H](COC(=O)CCCCCCCCCCC(C)C)COP(=O)(O)OC[C@@H](O)COP(=O)(O)OC[C@@H](COC(=O)CCCCCCCCC)OC(=O)CCCCCCCCCCC. The summed E-state index contributed by atoms with van der Waals surface area (Å²) in [6, 6.07) is 0. The van der Waals surface area contributed by atoms with Gasteiger partial charge in [-0.05, 0) is 31.6 Å². The number of carbonyl (C=O) groups excluding carboxylic acids is 4. The zero-order valence-electron chi connectivity index (χ0n) is 53.3. The second-order valence-corrected chi connectivity index (χ2v) is 26.5. The molecule has 2 unspecified atom stereocenters. The van der Waals surface area contributed by atoms with E-state index in [9.17, 15) is 43.2 Å². The predicted molar refractivity (Wildman–Crippen MR) is 331 cm³/mol. The molecule has 492 valence electrons. The van der Waals surface area contributed by atoms with Gasteiger partial charge in [0.2, 0.25) is 0 Å². The quantitative estimate of drug-likeness (QED) is 0.0222. The monoisotopic (exact) mass is 1230 g/mol. The number of ether oxygens (including phenoxy) is 4. The Morgan fingerprint density at radius 3 is 0.819 bits per heavy atom. The summed E-state index contributed by atoms with van der Waals surface area (Å²) in [6.07, 6.45) is 41.8. The smallest absolute Gasteiger partial charge is 0.462 e. The van der Waals surface area contributed by atoms with Crippen molar-refractivity contribution in [3.05, 3.63) is 0 Å². The molecule has 17 nitrogen and oxygen atoms in total.